The first-order valence-electron chi connectivity index (χ1n) is 6.29. The topological polar surface area (TPSA) is 66.4 Å². The maximum Gasteiger partial charge on any atom is 0.328 e. The van der Waals surface area contributed by atoms with E-state index in [1.165, 1.54) is 28.7 Å². The molecule has 4 nitrogen and oxygen atoms in total. The lowest BCUT2D eigenvalue weighted by Gasteiger charge is -2.00. The summed E-state index contributed by atoms with van der Waals surface area (Å²) in [6.45, 7) is 4.43. The van der Waals surface area contributed by atoms with Crippen molar-refractivity contribution in [1.82, 2.24) is 5.32 Å². The number of carboxylic acids is 1. The number of rotatable bonds is 5. The third-order valence-electron chi connectivity index (χ3n) is 2.91. The van der Waals surface area contributed by atoms with E-state index in [-0.39, 0.29) is 5.91 Å². The molecule has 0 saturated carbocycles. The number of aliphatic carboxylic acids is 1. The molecule has 2 rings (SSSR count). The highest BCUT2D eigenvalue weighted by atomic mass is 32.1. The molecule has 0 aromatic carbocycles. The molecule has 2 N–H and O–H groups in total. The zero-order valence-electron chi connectivity index (χ0n) is 11.7. The van der Waals surface area contributed by atoms with Gasteiger partial charge in [0.1, 0.15) is 0 Å². The van der Waals surface area contributed by atoms with Gasteiger partial charge in [0.15, 0.2) is 0 Å². The number of thiophene rings is 2. The molecular formula is C15H15NO3S2. The lowest BCUT2D eigenvalue weighted by atomic mass is 10.2. The van der Waals surface area contributed by atoms with E-state index in [4.69, 9.17) is 5.11 Å². The Balaban J connectivity index is 1.94. The second-order valence-corrected chi connectivity index (χ2v) is 6.80. The number of nitrogens with one attached hydrogen (secondary N) is 1. The summed E-state index contributed by atoms with van der Waals surface area (Å²) in [5.41, 5.74) is 1.96. The summed E-state index contributed by atoms with van der Waals surface area (Å²) >= 11 is 2.98. The monoisotopic (exact) mass is 321 g/mol. The number of amides is 1. The van der Waals surface area contributed by atoms with Gasteiger partial charge in [0.2, 0.25) is 0 Å². The first-order valence-corrected chi connectivity index (χ1v) is 7.99. The standard InChI is InChI=1S/C15H15NO3S2/c1-9-5-13(21-10(9)2)15(19)16-7-12-6-11(8-20-12)3-4-14(17)18/h3-6,8H,7H2,1-2H3,(H,16,19)(H,17,18). The minimum atomic E-state index is -0.973. The largest absolute Gasteiger partial charge is 0.478 e. The zero-order chi connectivity index (χ0) is 15.4. The van der Waals surface area contributed by atoms with Crippen LogP contribution in [-0.4, -0.2) is 17.0 Å². The van der Waals surface area contributed by atoms with Gasteiger partial charge >= 0.3 is 5.97 Å². The molecule has 2 heterocycles. The lowest BCUT2D eigenvalue weighted by molar-refractivity contribution is -0.131. The number of carboxylic acid groups (broad SMARTS) is 1. The highest BCUT2D eigenvalue weighted by Gasteiger charge is 2.10. The van der Waals surface area contributed by atoms with Crippen LogP contribution >= 0.6 is 22.7 Å². The van der Waals surface area contributed by atoms with Gasteiger partial charge in [0.25, 0.3) is 5.91 Å². The average Bonchev–Trinajstić information content (AvgIpc) is 3.01. The summed E-state index contributed by atoms with van der Waals surface area (Å²) in [5.74, 6) is -1.05. The molecule has 0 radical (unpaired) electrons. The van der Waals surface area contributed by atoms with E-state index in [2.05, 4.69) is 5.32 Å². The SMILES string of the molecule is Cc1cc(C(=O)NCc2cc(C=CC(=O)O)cs2)sc1C. The van der Waals surface area contributed by atoms with E-state index in [1.54, 1.807) is 0 Å². The summed E-state index contributed by atoms with van der Waals surface area (Å²) in [6, 6.07) is 3.76. The van der Waals surface area contributed by atoms with Crippen molar-refractivity contribution in [1.29, 1.82) is 0 Å². The van der Waals surface area contributed by atoms with Gasteiger partial charge in [0, 0.05) is 15.8 Å². The third-order valence-corrected chi connectivity index (χ3v) is 5.01. The normalized spacial score (nSPS) is 11.0. The highest BCUT2D eigenvalue weighted by molar-refractivity contribution is 7.14. The smallest absolute Gasteiger partial charge is 0.328 e. The quantitative estimate of drug-likeness (QED) is 0.829. The van der Waals surface area contributed by atoms with Crippen molar-refractivity contribution in [2.24, 2.45) is 0 Å². The van der Waals surface area contributed by atoms with Crippen molar-refractivity contribution in [3.8, 4) is 0 Å². The molecule has 0 aliphatic heterocycles. The molecule has 0 fully saturated rings. The molecule has 2 aromatic rings. The van der Waals surface area contributed by atoms with Gasteiger partial charge in [0.05, 0.1) is 11.4 Å². The van der Waals surface area contributed by atoms with E-state index >= 15 is 0 Å². The summed E-state index contributed by atoms with van der Waals surface area (Å²) in [6.07, 6.45) is 2.64. The fourth-order valence-electron chi connectivity index (χ4n) is 1.68. The Bertz CT molecular complexity index is 678. The Morgan fingerprint density at radius 3 is 2.71 bits per heavy atom. The molecule has 0 bridgehead atoms. The second kappa shape index (κ2) is 6.69. The van der Waals surface area contributed by atoms with Crippen molar-refractivity contribution in [2.45, 2.75) is 20.4 Å². The van der Waals surface area contributed by atoms with Crippen LogP contribution in [0.1, 0.15) is 30.6 Å². The molecule has 6 heteroatoms. The molecule has 0 aliphatic carbocycles. The van der Waals surface area contributed by atoms with Crippen molar-refractivity contribution in [2.75, 3.05) is 0 Å². The molecule has 1 amide bonds. The Morgan fingerprint density at radius 2 is 2.10 bits per heavy atom. The van der Waals surface area contributed by atoms with E-state index < -0.39 is 5.97 Å². The van der Waals surface area contributed by atoms with Crippen molar-refractivity contribution in [3.63, 3.8) is 0 Å². The first kappa shape index (κ1) is 15.5. The predicted molar refractivity (Wildman–Crippen MR) is 86.0 cm³/mol. The Hall–Kier alpha value is -1.92. The minimum absolute atomic E-state index is 0.0766. The first-order chi connectivity index (χ1) is 9.95. The predicted octanol–water partition coefficient (Wildman–Crippen LogP) is 3.45. The van der Waals surface area contributed by atoms with Crippen LogP contribution in [0.4, 0.5) is 0 Å². The summed E-state index contributed by atoms with van der Waals surface area (Å²) in [5, 5.41) is 13.3. The van der Waals surface area contributed by atoms with Crippen molar-refractivity contribution >= 4 is 40.6 Å². The van der Waals surface area contributed by atoms with E-state index in [1.807, 2.05) is 31.4 Å². The molecule has 0 spiro atoms. The van der Waals surface area contributed by atoms with Crippen molar-refractivity contribution in [3.05, 3.63) is 49.3 Å². The second-order valence-electron chi connectivity index (χ2n) is 4.55. The molecule has 0 atom stereocenters. The van der Waals surface area contributed by atoms with E-state index in [9.17, 15) is 9.59 Å². The summed E-state index contributed by atoms with van der Waals surface area (Å²) < 4.78 is 0. The molecule has 110 valence electrons. The average molecular weight is 321 g/mol. The fourth-order valence-corrected chi connectivity index (χ4v) is 3.43. The van der Waals surface area contributed by atoms with E-state index in [0.717, 1.165) is 27.0 Å². The van der Waals surface area contributed by atoms with Gasteiger partial charge in [-0.15, -0.1) is 22.7 Å². The van der Waals surface area contributed by atoms with E-state index in [0.29, 0.717) is 11.4 Å². The van der Waals surface area contributed by atoms with Gasteiger partial charge in [-0.25, -0.2) is 4.79 Å². The third kappa shape index (κ3) is 4.27. The molecular weight excluding hydrogens is 306 g/mol. The fraction of sp³-hybridized carbons (Fsp3) is 0.200. The molecule has 2 aromatic heterocycles. The number of aryl methyl sites for hydroxylation is 2. The van der Waals surface area contributed by atoms with Crippen LogP contribution in [0.15, 0.2) is 23.6 Å². The Morgan fingerprint density at radius 1 is 1.33 bits per heavy atom. The maximum atomic E-state index is 12.0. The van der Waals surface area contributed by atoms with Crippen LogP contribution in [0, 0.1) is 13.8 Å². The van der Waals surface area contributed by atoms with Crippen molar-refractivity contribution < 1.29 is 14.7 Å². The van der Waals surface area contributed by atoms with Crippen LogP contribution in [0.5, 0.6) is 0 Å². The Labute approximate surface area is 130 Å². The van der Waals surface area contributed by atoms with Crippen LogP contribution in [0.2, 0.25) is 0 Å². The van der Waals surface area contributed by atoms with Gasteiger partial charge in [-0.2, -0.15) is 0 Å². The Kier molecular flexibility index (Phi) is 4.93. The summed E-state index contributed by atoms with van der Waals surface area (Å²) in [4.78, 5) is 25.3. The van der Waals surface area contributed by atoms with Crippen LogP contribution in [0.25, 0.3) is 6.08 Å². The molecule has 0 saturated heterocycles. The lowest BCUT2D eigenvalue weighted by Crippen LogP contribution is -2.21. The summed E-state index contributed by atoms with van der Waals surface area (Å²) in [7, 11) is 0. The highest BCUT2D eigenvalue weighted by Crippen LogP contribution is 2.21. The molecule has 21 heavy (non-hydrogen) atoms. The van der Waals surface area contributed by atoms with Gasteiger partial charge in [-0.3, -0.25) is 4.79 Å². The van der Waals surface area contributed by atoms with Crippen LogP contribution in [0.3, 0.4) is 0 Å². The maximum absolute atomic E-state index is 12.0. The minimum Gasteiger partial charge on any atom is -0.478 e. The molecule has 0 aliphatic rings. The molecule has 0 unspecified atom stereocenters. The van der Waals surface area contributed by atoms with Crippen LogP contribution in [-0.2, 0) is 11.3 Å². The number of carbonyl (C=O) groups excluding carboxylic acids is 1. The number of hydrogen-bond acceptors (Lipinski definition) is 4. The van der Waals surface area contributed by atoms with Crippen LogP contribution < -0.4 is 5.32 Å². The van der Waals surface area contributed by atoms with Gasteiger partial charge < -0.3 is 10.4 Å². The number of hydrogen-bond donors (Lipinski definition) is 2. The number of carbonyl (C=O) groups is 2. The van der Waals surface area contributed by atoms with Gasteiger partial charge in [-0.1, -0.05) is 0 Å². The van der Waals surface area contributed by atoms with Gasteiger partial charge in [-0.05, 0) is 48.6 Å². The zero-order valence-corrected chi connectivity index (χ0v) is 13.3.